The maximum absolute atomic E-state index is 12.8. The summed E-state index contributed by atoms with van der Waals surface area (Å²) in [5.74, 6) is -0.392. The van der Waals surface area contributed by atoms with Gasteiger partial charge in [0.05, 0.1) is 6.54 Å². The number of hydrogen-bond donors (Lipinski definition) is 1. The third-order valence-corrected chi connectivity index (χ3v) is 4.96. The molecule has 0 radical (unpaired) electrons. The summed E-state index contributed by atoms with van der Waals surface area (Å²) in [7, 11) is 0. The Morgan fingerprint density at radius 2 is 1.96 bits per heavy atom. The Morgan fingerprint density at radius 3 is 2.71 bits per heavy atom. The summed E-state index contributed by atoms with van der Waals surface area (Å²) in [6.07, 6.45) is 3.60. The van der Waals surface area contributed by atoms with E-state index in [1.807, 2.05) is 12.1 Å². The number of nitrogens with zero attached hydrogens (tertiary/aromatic N) is 4. The Bertz CT molecular complexity index is 988. The zero-order valence-corrected chi connectivity index (χ0v) is 15.7. The number of benzene rings is 2. The molecule has 1 aromatic heterocycles. The molecule has 1 atom stereocenters. The largest absolute Gasteiger partial charge is 0.340 e. The minimum absolute atomic E-state index is 0.121. The van der Waals surface area contributed by atoms with Crippen molar-refractivity contribution >= 4 is 29.1 Å². The topological polar surface area (TPSA) is 80.1 Å². The van der Waals surface area contributed by atoms with Crippen LogP contribution in [0.25, 0.3) is 0 Å². The van der Waals surface area contributed by atoms with Crippen molar-refractivity contribution in [2.75, 3.05) is 11.4 Å². The fourth-order valence-electron chi connectivity index (χ4n) is 3.30. The molecular formula is C20H18ClN5O2. The van der Waals surface area contributed by atoms with Crippen LogP contribution in [-0.4, -0.2) is 39.2 Å². The summed E-state index contributed by atoms with van der Waals surface area (Å²) in [5, 5.41) is 7.57. The Morgan fingerprint density at radius 1 is 1.18 bits per heavy atom. The van der Waals surface area contributed by atoms with Crippen LogP contribution in [0, 0.1) is 0 Å². The number of aromatic nitrogens is 3. The van der Waals surface area contributed by atoms with Crippen molar-refractivity contribution in [1.82, 2.24) is 20.1 Å². The average Bonchev–Trinajstić information content (AvgIpc) is 3.33. The summed E-state index contributed by atoms with van der Waals surface area (Å²) in [6.45, 7) is 0.977. The van der Waals surface area contributed by atoms with E-state index in [9.17, 15) is 9.59 Å². The van der Waals surface area contributed by atoms with Gasteiger partial charge in [-0.25, -0.2) is 9.67 Å². The highest BCUT2D eigenvalue weighted by Crippen LogP contribution is 2.23. The summed E-state index contributed by atoms with van der Waals surface area (Å²) >= 11 is 5.92. The standard InChI is InChI=1S/C20H18ClN5O2/c21-15-5-7-16(8-6-15)26-10-9-18(20(26)28)24-19(27)17-4-2-1-3-14(17)11-25-13-22-12-23-25/h1-8,12-13,18H,9-11H2,(H,24,27)/t18-/m1/s1. The molecular weight excluding hydrogens is 378 g/mol. The minimum atomic E-state index is -0.553. The molecule has 7 nitrogen and oxygen atoms in total. The number of anilines is 1. The molecule has 8 heteroatoms. The van der Waals surface area contributed by atoms with Gasteiger partial charge in [0.25, 0.3) is 5.91 Å². The molecule has 3 aromatic rings. The van der Waals surface area contributed by atoms with Crippen LogP contribution in [-0.2, 0) is 11.3 Å². The number of carbonyl (C=O) groups excluding carboxylic acids is 2. The zero-order valence-electron chi connectivity index (χ0n) is 15.0. The lowest BCUT2D eigenvalue weighted by Crippen LogP contribution is -2.41. The van der Waals surface area contributed by atoms with Crippen LogP contribution < -0.4 is 10.2 Å². The Kier molecular flexibility index (Phi) is 5.08. The van der Waals surface area contributed by atoms with Crippen LogP contribution in [0.3, 0.4) is 0 Å². The molecule has 0 aliphatic carbocycles. The van der Waals surface area contributed by atoms with Crippen molar-refractivity contribution in [2.45, 2.75) is 19.0 Å². The smallest absolute Gasteiger partial charge is 0.252 e. The molecule has 1 fully saturated rings. The maximum Gasteiger partial charge on any atom is 0.252 e. The first-order valence-electron chi connectivity index (χ1n) is 8.90. The van der Waals surface area contributed by atoms with E-state index in [1.165, 1.54) is 6.33 Å². The van der Waals surface area contributed by atoms with Crippen LogP contribution in [0.2, 0.25) is 5.02 Å². The summed E-state index contributed by atoms with van der Waals surface area (Å²) < 4.78 is 1.65. The number of hydrogen-bond acceptors (Lipinski definition) is 4. The van der Waals surface area contributed by atoms with Gasteiger partial charge < -0.3 is 10.2 Å². The third-order valence-electron chi connectivity index (χ3n) is 4.71. The Labute approximate surface area is 166 Å². The van der Waals surface area contributed by atoms with Crippen LogP contribution in [0.1, 0.15) is 22.3 Å². The van der Waals surface area contributed by atoms with E-state index in [2.05, 4.69) is 15.4 Å². The highest BCUT2D eigenvalue weighted by molar-refractivity contribution is 6.30. The molecule has 1 aliphatic heterocycles. The zero-order chi connectivity index (χ0) is 19.5. The van der Waals surface area contributed by atoms with Crippen molar-refractivity contribution in [1.29, 1.82) is 0 Å². The third kappa shape index (κ3) is 3.75. The van der Waals surface area contributed by atoms with E-state index >= 15 is 0 Å². The second-order valence-electron chi connectivity index (χ2n) is 6.53. The average molecular weight is 396 g/mol. The van der Waals surface area contributed by atoms with Crippen LogP contribution in [0.5, 0.6) is 0 Å². The number of carbonyl (C=O) groups is 2. The van der Waals surface area contributed by atoms with Crippen molar-refractivity contribution < 1.29 is 9.59 Å². The summed E-state index contributed by atoms with van der Waals surface area (Å²) in [4.78, 5) is 31.2. The summed E-state index contributed by atoms with van der Waals surface area (Å²) in [5.41, 5.74) is 2.11. The normalized spacial score (nSPS) is 16.4. The molecule has 2 heterocycles. The lowest BCUT2D eigenvalue weighted by atomic mass is 10.1. The molecule has 0 bridgehead atoms. The van der Waals surface area contributed by atoms with Gasteiger partial charge in [-0.1, -0.05) is 29.8 Å². The van der Waals surface area contributed by atoms with Gasteiger partial charge in [0.15, 0.2) is 0 Å². The predicted octanol–water partition coefficient (Wildman–Crippen LogP) is 2.52. The molecule has 0 saturated carbocycles. The molecule has 142 valence electrons. The number of amides is 2. The van der Waals surface area contributed by atoms with Crippen LogP contribution in [0.4, 0.5) is 5.69 Å². The van der Waals surface area contributed by atoms with E-state index in [0.29, 0.717) is 30.1 Å². The SMILES string of the molecule is O=C(N[C@@H]1CCN(c2ccc(Cl)cc2)C1=O)c1ccccc1Cn1cncn1. The lowest BCUT2D eigenvalue weighted by Gasteiger charge is -2.18. The van der Waals surface area contributed by atoms with E-state index in [-0.39, 0.29) is 11.8 Å². The van der Waals surface area contributed by atoms with Crippen molar-refractivity contribution in [3.05, 3.63) is 77.3 Å². The second kappa shape index (κ2) is 7.82. The minimum Gasteiger partial charge on any atom is -0.340 e. The number of nitrogens with one attached hydrogen (secondary N) is 1. The van der Waals surface area contributed by atoms with E-state index in [1.54, 1.807) is 52.3 Å². The van der Waals surface area contributed by atoms with Gasteiger partial charge in [-0.2, -0.15) is 5.10 Å². The molecule has 0 spiro atoms. The molecule has 1 aliphatic rings. The van der Waals surface area contributed by atoms with Crippen molar-refractivity contribution in [2.24, 2.45) is 0 Å². The molecule has 28 heavy (non-hydrogen) atoms. The lowest BCUT2D eigenvalue weighted by molar-refractivity contribution is -0.118. The second-order valence-corrected chi connectivity index (χ2v) is 6.97. The molecule has 0 unspecified atom stereocenters. The molecule has 2 amide bonds. The van der Waals surface area contributed by atoms with Crippen LogP contribution >= 0.6 is 11.6 Å². The quantitative estimate of drug-likeness (QED) is 0.719. The van der Waals surface area contributed by atoms with Gasteiger partial charge in [0.2, 0.25) is 5.91 Å². The number of halogens is 1. The molecule has 1 saturated heterocycles. The van der Waals surface area contributed by atoms with E-state index in [4.69, 9.17) is 11.6 Å². The highest BCUT2D eigenvalue weighted by atomic mass is 35.5. The van der Waals surface area contributed by atoms with Crippen molar-refractivity contribution in [3.8, 4) is 0 Å². The highest BCUT2D eigenvalue weighted by Gasteiger charge is 2.34. The Balaban J connectivity index is 1.47. The first kappa shape index (κ1) is 18.2. The van der Waals surface area contributed by atoms with E-state index < -0.39 is 6.04 Å². The number of rotatable bonds is 5. The van der Waals surface area contributed by atoms with Crippen LogP contribution in [0.15, 0.2) is 61.2 Å². The van der Waals surface area contributed by atoms with Gasteiger partial charge in [-0.05, 0) is 42.3 Å². The van der Waals surface area contributed by atoms with Gasteiger partial charge >= 0.3 is 0 Å². The first-order valence-corrected chi connectivity index (χ1v) is 9.28. The van der Waals surface area contributed by atoms with Gasteiger partial charge in [0.1, 0.15) is 18.7 Å². The fourth-order valence-corrected chi connectivity index (χ4v) is 3.42. The van der Waals surface area contributed by atoms with Gasteiger partial charge in [0, 0.05) is 22.8 Å². The van der Waals surface area contributed by atoms with Crippen molar-refractivity contribution in [3.63, 3.8) is 0 Å². The Hall–Kier alpha value is -3.19. The van der Waals surface area contributed by atoms with Gasteiger partial charge in [-0.15, -0.1) is 0 Å². The molecule has 4 rings (SSSR count). The van der Waals surface area contributed by atoms with E-state index in [0.717, 1.165) is 11.3 Å². The summed E-state index contributed by atoms with van der Waals surface area (Å²) in [6, 6.07) is 13.8. The monoisotopic (exact) mass is 395 g/mol. The predicted molar refractivity (Wildman–Crippen MR) is 105 cm³/mol. The fraction of sp³-hybridized carbons (Fsp3) is 0.200. The molecule has 2 aromatic carbocycles. The van der Waals surface area contributed by atoms with Gasteiger partial charge in [-0.3, -0.25) is 9.59 Å². The maximum atomic E-state index is 12.8. The molecule has 1 N–H and O–H groups in total. The first-order chi connectivity index (χ1) is 13.6.